The van der Waals surface area contributed by atoms with E-state index >= 15 is 0 Å². The first-order valence-electron chi connectivity index (χ1n) is 28.8. The minimum Gasteiger partial charge on any atom is -0.479 e. The molecule has 0 spiro atoms. The van der Waals surface area contributed by atoms with E-state index in [0.29, 0.717) is 13.2 Å². The predicted octanol–water partition coefficient (Wildman–Crippen LogP) is 6.22. The number of carboxylic acid groups (broad SMARTS) is 1. The quantitative estimate of drug-likeness (QED) is 0.0183. The highest BCUT2D eigenvalue weighted by atomic mass is 32.3. The zero-order valence-electron chi connectivity index (χ0n) is 47.2. The summed E-state index contributed by atoms with van der Waals surface area (Å²) >= 11 is 0. The second kappa shape index (κ2) is 44.9. The number of carboxylic acids is 1. The molecule has 11 atom stereocenters. The van der Waals surface area contributed by atoms with Crippen LogP contribution in [-0.2, 0) is 71.3 Å². The number of rotatable bonds is 54. The van der Waals surface area contributed by atoms with Gasteiger partial charge in [-0.2, -0.15) is 16.8 Å². The van der Waals surface area contributed by atoms with Crippen LogP contribution in [0.1, 0.15) is 201 Å². The molecule has 0 aromatic carbocycles. The number of carbonyl (C=O) groups is 2. The molecule has 1 aliphatic rings. The molecule has 470 valence electrons. The fourth-order valence-electron chi connectivity index (χ4n) is 8.97. The smallest absolute Gasteiger partial charge is 0.472 e. The van der Waals surface area contributed by atoms with Crippen molar-refractivity contribution in [2.45, 2.75) is 262 Å². The monoisotopic (exact) mass is 1200 g/mol. The second-order valence-electron chi connectivity index (χ2n) is 20.5. The van der Waals surface area contributed by atoms with Crippen molar-refractivity contribution >= 4 is 40.5 Å². The molecule has 1 unspecified atom stereocenters. The van der Waals surface area contributed by atoms with E-state index in [1.54, 1.807) is 0 Å². The molecule has 1 amide bonds. The van der Waals surface area contributed by atoms with Crippen molar-refractivity contribution in [3.05, 3.63) is 0 Å². The summed E-state index contributed by atoms with van der Waals surface area (Å²) in [5, 5.41) is 56.8. The summed E-state index contributed by atoms with van der Waals surface area (Å²) in [6.07, 6.45) is 14.3. The van der Waals surface area contributed by atoms with Gasteiger partial charge in [-0.25, -0.2) is 17.7 Å². The van der Waals surface area contributed by atoms with Gasteiger partial charge in [0.2, 0.25) is 5.91 Å². The van der Waals surface area contributed by atoms with Crippen LogP contribution < -0.4 is 10.6 Å². The molecule has 0 aromatic heterocycles. The number of aliphatic hydroxyl groups excluding tert-OH is 4. The van der Waals surface area contributed by atoms with E-state index < -0.39 is 121 Å². The second-order valence-corrected chi connectivity index (χ2v) is 24.1. The number of hydrogen-bond acceptors (Lipinski definition) is 20. The molecular formula is C51H101N2O23PS2. The highest BCUT2D eigenvalue weighted by molar-refractivity contribution is 7.81. The zero-order valence-corrected chi connectivity index (χ0v) is 49.7. The molecule has 1 aliphatic heterocycles. The third-order valence-electron chi connectivity index (χ3n) is 13.3. The molecular weight excluding hydrogens is 1100 g/mol. The number of aliphatic carboxylic acids is 1. The SMILES string of the molecule is CCCCCCCCCCCCCCCCOC[C@H](COP(=O)(O)OCCNC[C@H](NC(C)=O)[C@@H](O[C@@H]1O[C@H](C(=O)O)[C@@H](O)[C@H](O)[C@H]1O)[C@@H](OS(=O)(=O)O)[C@H](O)COS(=O)(=O)O)OCCCCCCCCCCCCCCCC. The van der Waals surface area contributed by atoms with Crippen LogP contribution in [-0.4, -0.2) is 182 Å². The minimum atomic E-state index is -5.66. The lowest BCUT2D eigenvalue weighted by atomic mass is 9.97. The Labute approximate surface area is 470 Å². The summed E-state index contributed by atoms with van der Waals surface area (Å²) < 4.78 is 121. The first-order valence-corrected chi connectivity index (χ1v) is 33.1. The standard InChI is InChI=1S/C51H101N2O23PS2/c1-4-6-8-10-12-14-16-18-20-22-24-26-28-30-33-69-37-41(70-34-31-29-27-25-23-21-19-17-15-13-11-9-7-5-2)38-72-77(61,62)71-35-32-52-36-42(53-40(3)54)47(48(76-79(66,67)68)43(55)39-73-78(63,64)65)74-51-46(58)44(56)45(57)49(75-51)50(59)60/h41-49,51-52,55-58H,4-39H2,1-3H3,(H,53,54)(H,59,60)(H,61,62)(H,63,64,65)(H,66,67,68)/t41-,42+,43-,44+,45+,46-,47-,48+,49+,51-/m1/s1. The van der Waals surface area contributed by atoms with E-state index in [0.717, 1.165) is 51.9 Å². The zero-order chi connectivity index (χ0) is 59.0. The molecule has 10 N–H and O–H groups in total. The van der Waals surface area contributed by atoms with Gasteiger partial charge in [-0.05, 0) is 12.8 Å². The lowest BCUT2D eigenvalue weighted by Crippen LogP contribution is -2.64. The summed E-state index contributed by atoms with van der Waals surface area (Å²) in [5.41, 5.74) is 0. The van der Waals surface area contributed by atoms with Gasteiger partial charge in [-0.1, -0.05) is 181 Å². The molecule has 79 heavy (non-hydrogen) atoms. The van der Waals surface area contributed by atoms with Gasteiger partial charge in [0.05, 0.1) is 32.5 Å². The molecule has 0 aliphatic carbocycles. The van der Waals surface area contributed by atoms with Crippen molar-refractivity contribution in [1.82, 2.24) is 10.6 Å². The molecule has 0 saturated carbocycles. The fourth-order valence-corrected chi connectivity index (χ4v) is 10.6. The van der Waals surface area contributed by atoms with E-state index in [4.69, 9.17) is 32.5 Å². The molecule has 28 heteroatoms. The Morgan fingerprint density at radius 3 is 1.52 bits per heavy atom. The van der Waals surface area contributed by atoms with Gasteiger partial charge in [0, 0.05) is 33.2 Å². The van der Waals surface area contributed by atoms with Crippen molar-refractivity contribution < 1.29 is 107 Å². The maximum absolute atomic E-state index is 13.1. The number of carbonyl (C=O) groups excluding carboxylic acids is 1. The summed E-state index contributed by atoms with van der Waals surface area (Å²) in [6, 6.07) is -1.73. The van der Waals surface area contributed by atoms with Gasteiger partial charge < -0.3 is 60.0 Å². The van der Waals surface area contributed by atoms with Gasteiger partial charge in [0.15, 0.2) is 12.4 Å². The number of unbranched alkanes of at least 4 members (excludes halogenated alkanes) is 26. The lowest BCUT2D eigenvalue weighted by Gasteiger charge is -2.42. The van der Waals surface area contributed by atoms with Crippen LogP contribution in [0.2, 0.25) is 0 Å². The van der Waals surface area contributed by atoms with Crippen molar-refractivity contribution in [2.75, 3.05) is 52.7 Å². The number of aliphatic hydroxyl groups is 4. The average Bonchev–Trinajstić information content (AvgIpc) is 3.41. The third-order valence-corrected chi connectivity index (χ3v) is 15.2. The van der Waals surface area contributed by atoms with E-state index in [9.17, 15) is 66.0 Å². The molecule has 0 radical (unpaired) electrons. The van der Waals surface area contributed by atoms with Crippen LogP contribution >= 0.6 is 7.82 Å². The van der Waals surface area contributed by atoms with Crippen molar-refractivity contribution in [2.24, 2.45) is 0 Å². The van der Waals surface area contributed by atoms with E-state index in [1.165, 1.54) is 135 Å². The molecule has 0 bridgehead atoms. The summed E-state index contributed by atoms with van der Waals surface area (Å²) in [6.45, 7) is 3.01. The highest BCUT2D eigenvalue weighted by Crippen LogP contribution is 2.43. The van der Waals surface area contributed by atoms with E-state index in [1.807, 2.05) is 0 Å². The molecule has 1 heterocycles. The topological polar surface area (TPSA) is 379 Å². The Balaban J connectivity index is 2.93. The van der Waals surface area contributed by atoms with Crippen LogP contribution in [0.25, 0.3) is 0 Å². The van der Waals surface area contributed by atoms with Crippen LogP contribution in [0.15, 0.2) is 0 Å². The number of hydrogen-bond donors (Lipinski definition) is 10. The molecule has 1 rings (SSSR count). The van der Waals surface area contributed by atoms with Gasteiger partial charge >= 0.3 is 34.6 Å². The Kier molecular flexibility index (Phi) is 42.9. The third kappa shape index (κ3) is 39.6. The van der Waals surface area contributed by atoms with Crippen molar-refractivity contribution in [3.8, 4) is 0 Å². The van der Waals surface area contributed by atoms with Gasteiger partial charge in [0.1, 0.15) is 42.7 Å². The first-order chi connectivity index (χ1) is 37.5. The minimum absolute atomic E-state index is 0.102. The summed E-state index contributed by atoms with van der Waals surface area (Å²) in [4.78, 5) is 34.9. The normalized spacial score (nSPS) is 20.8. The van der Waals surface area contributed by atoms with Crippen molar-refractivity contribution in [1.29, 1.82) is 0 Å². The molecule has 1 fully saturated rings. The Bertz CT molecular complexity index is 1830. The van der Waals surface area contributed by atoms with Gasteiger partial charge in [-0.3, -0.25) is 22.9 Å². The maximum Gasteiger partial charge on any atom is 0.472 e. The van der Waals surface area contributed by atoms with Crippen molar-refractivity contribution in [3.63, 3.8) is 0 Å². The average molecular weight is 1210 g/mol. The first kappa shape index (κ1) is 75.4. The number of amides is 1. The van der Waals surface area contributed by atoms with Crippen LogP contribution in [0.3, 0.4) is 0 Å². The van der Waals surface area contributed by atoms with Crippen LogP contribution in [0, 0.1) is 0 Å². The lowest BCUT2D eigenvalue weighted by molar-refractivity contribution is -0.313. The fraction of sp³-hybridized carbons (Fsp3) is 0.961. The Hall–Kier alpha value is -1.57. The van der Waals surface area contributed by atoms with E-state index in [2.05, 4.69) is 32.8 Å². The predicted molar refractivity (Wildman–Crippen MR) is 293 cm³/mol. The van der Waals surface area contributed by atoms with Gasteiger partial charge in [-0.15, -0.1) is 0 Å². The summed E-state index contributed by atoms with van der Waals surface area (Å²) in [7, 11) is -15.7. The maximum atomic E-state index is 13.1. The Morgan fingerprint density at radius 1 is 0.608 bits per heavy atom. The molecule has 25 nitrogen and oxygen atoms in total. The van der Waals surface area contributed by atoms with E-state index in [-0.39, 0.29) is 19.8 Å². The Morgan fingerprint density at radius 2 is 1.08 bits per heavy atom. The van der Waals surface area contributed by atoms with Gasteiger partial charge in [0.25, 0.3) is 0 Å². The molecule has 1 saturated heterocycles. The number of nitrogens with one attached hydrogen (secondary N) is 2. The molecule has 0 aromatic rings. The number of phosphoric ester groups is 1. The number of phosphoric acid groups is 1. The van der Waals surface area contributed by atoms with Crippen LogP contribution in [0.5, 0.6) is 0 Å². The number of ether oxygens (including phenoxy) is 4. The highest BCUT2D eigenvalue weighted by Gasteiger charge is 2.50. The largest absolute Gasteiger partial charge is 0.479 e. The summed E-state index contributed by atoms with van der Waals surface area (Å²) in [5.74, 6) is -2.76. The van der Waals surface area contributed by atoms with Crippen LogP contribution in [0.4, 0.5) is 0 Å².